The Kier molecular flexibility index (Phi) is 5.27. The van der Waals surface area contributed by atoms with Crippen LogP contribution in [0.3, 0.4) is 0 Å². The van der Waals surface area contributed by atoms with Crippen molar-refractivity contribution in [1.29, 1.82) is 0 Å². The number of halogens is 1. The molecule has 0 aliphatic carbocycles. The Morgan fingerprint density at radius 2 is 1.91 bits per heavy atom. The zero-order chi connectivity index (χ0) is 16.1. The van der Waals surface area contributed by atoms with Crippen LogP contribution < -0.4 is 19.7 Å². The fourth-order valence-corrected chi connectivity index (χ4v) is 2.16. The van der Waals surface area contributed by atoms with Crippen molar-refractivity contribution in [3.05, 3.63) is 35.0 Å². The molecule has 1 aromatic heterocycles. The summed E-state index contributed by atoms with van der Waals surface area (Å²) in [6.45, 7) is 0.566. The molecular weight excluding hydrogens is 304 g/mol. The number of hydrogen-bond donors (Lipinski definition) is 1. The minimum atomic E-state index is 0.342. The third-order valence-corrected chi connectivity index (χ3v) is 3.32. The predicted molar refractivity (Wildman–Crippen MR) is 88.2 cm³/mol. The molecule has 2 aromatic rings. The van der Waals surface area contributed by atoms with E-state index in [1.165, 1.54) is 0 Å². The van der Waals surface area contributed by atoms with Crippen LogP contribution in [0.25, 0.3) is 0 Å². The Morgan fingerprint density at radius 1 is 1.14 bits per heavy atom. The van der Waals surface area contributed by atoms with E-state index < -0.39 is 0 Å². The average molecular weight is 323 g/mol. The molecule has 0 atom stereocenters. The standard InChI is InChI=1S/C15H19ClN4O2/c1-20(2)15-12(8-14(16)18-19-15)17-9-10-5-6-11(21-3)7-13(10)22-4/h5-8H,9H2,1-4H3,(H,17,18). The number of ether oxygens (including phenoxy) is 2. The second kappa shape index (κ2) is 7.17. The van der Waals surface area contributed by atoms with Gasteiger partial charge in [-0.3, -0.25) is 0 Å². The van der Waals surface area contributed by atoms with Gasteiger partial charge in [-0.15, -0.1) is 10.2 Å². The number of anilines is 2. The lowest BCUT2D eigenvalue weighted by Gasteiger charge is -2.17. The van der Waals surface area contributed by atoms with Gasteiger partial charge in [0.15, 0.2) is 11.0 Å². The fourth-order valence-electron chi connectivity index (χ4n) is 2.01. The molecule has 0 amide bonds. The number of hydrogen-bond acceptors (Lipinski definition) is 6. The Bertz CT molecular complexity index is 649. The Hall–Kier alpha value is -2.21. The molecule has 0 saturated carbocycles. The minimum Gasteiger partial charge on any atom is -0.497 e. The summed E-state index contributed by atoms with van der Waals surface area (Å²) >= 11 is 5.93. The predicted octanol–water partition coefficient (Wildman–Crippen LogP) is 2.83. The molecule has 0 spiro atoms. The van der Waals surface area contributed by atoms with Crippen LogP contribution in [0.1, 0.15) is 5.56 Å². The summed E-state index contributed by atoms with van der Waals surface area (Å²) in [4.78, 5) is 1.87. The summed E-state index contributed by atoms with van der Waals surface area (Å²) in [5.74, 6) is 2.23. The van der Waals surface area contributed by atoms with E-state index in [1.54, 1.807) is 20.3 Å². The summed E-state index contributed by atoms with van der Waals surface area (Å²) in [6.07, 6.45) is 0. The van der Waals surface area contributed by atoms with Crippen molar-refractivity contribution in [2.45, 2.75) is 6.54 Å². The SMILES string of the molecule is COc1ccc(CNc2cc(Cl)nnc2N(C)C)c(OC)c1. The van der Waals surface area contributed by atoms with Gasteiger partial charge in [0.25, 0.3) is 0 Å². The average Bonchev–Trinajstić information content (AvgIpc) is 2.52. The van der Waals surface area contributed by atoms with Gasteiger partial charge in [-0.25, -0.2) is 0 Å². The molecule has 2 rings (SSSR count). The molecule has 0 aliphatic heterocycles. The number of rotatable bonds is 6. The van der Waals surface area contributed by atoms with Crippen LogP contribution >= 0.6 is 11.6 Å². The monoisotopic (exact) mass is 322 g/mol. The third-order valence-electron chi connectivity index (χ3n) is 3.13. The quantitative estimate of drug-likeness (QED) is 0.882. The molecule has 0 fully saturated rings. The van der Waals surface area contributed by atoms with Crippen LogP contribution in [0.2, 0.25) is 5.15 Å². The maximum Gasteiger partial charge on any atom is 0.174 e. The Morgan fingerprint density at radius 3 is 2.55 bits per heavy atom. The molecule has 22 heavy (non-hydrogen) atoms. The molecule has 118 valence electrons. The summed E-state index contributed by atoms with van der Waals surface area (Å²) in [7, 11) is 7.06. The highest BCUT2D eigenvalue weighted by Crippen LogP contribution is 2.28. The molecule has 1 heterocycles. The molecule has 6 nitrogen and oxygen atoms in total. The van der Waals surface area contributed by atoms with E-state index in [0.717, 1.165) is 28.6 Å². The third kappa shape index (κ3) is 3.71. The van der Waals surface area contributed by atoms with E-state index in [9.17, 15) is 0 Å². The molecular formula is C15H19ClN4O2. The highest BCUT2D eigenvalue weighted by molar-refractivity contribution is 6.29. The molecule has 0 radical (unpaired) electrons. The van der Waals surface area contributed by atoms with Crippen molar-refractivity contribution in [1.82, 2.24) is 10.2 Å². The summed E-state index contributed by atoms with van der Waals surface area (Å²) < 4.78 is 10.6. The Balaban J connectivity index is 2.21. The van der Waals surface area contributed by atoms with Crippen LogP contribution in [0.5, 0.6) is 11.5 Å². The number of aromatic nitrogens is 2. The van der Waals surface area contributed by atoms with Crippen LogP contribution in [-0.4, -0.2) is 38.5 Å². The van der Waals surface area contributed by atoms with Gasteiger partial charge in [0.1, 0.15) is 11.5 Å². The maximum absolute atomic E-state index is 5.93. The second-order valence-electron chi connectivity index (χ2n) is 4.83. The zero-order valence-corrected chi connectivity index (χ0v) is 13.8. The highest BCUT2D eigenvalue weighted by atomic mass is 35.5. The number of nitrogens with zero attached hydrogens (tertiary/aromatic N) is 3. The van der Waals surface area contributed by atoms with Crippen molar-refractivity contribution in [2.24, 2.45) is 0 Å². The van der Waals surface area contributed by atoms with Crippen molar-refractivity contribution in [3.63, 3.8) is 0 Å². The first-order valence-corrected chi connectivity index (χ1v) is 7.08. The van der Waals surface area contributed by atoms with Crippen LogP contribution in [0, 0.1) is 0 Å². The van der Waals surface area contributed by atoms with Crippen LogP contribution in [-0.2, 0) is 6.54 Å². The minimum absolute atomic E-state index is 0.342. The van der Waals surface area contributed by atoms with E-state index in [1.807, 2.05) is 37.2 Å². The summed E-state index contributed by atoms with van der Waals surface area (Å²) in [5.41, 5.74) is 1.81. The van der Waals surface area contributed by atoms with Crippen molar-refractivity contribution in [3.8, 4) is 11.5 Å². The number of nitrogens with one attached hydrogen (secondary N) is 1. The fraction of sp³-hybridized carbons (Fsp3) is 0.333. The van der Waals surface area contributed by atoms with Gasteiger partial charge in [-0.05, 0) is 12.1 Å². The maximum atomic E-state index is 5.93. The first-order chi connectivity index (χ1) is 10.5. The van der Waals surface area contributed by atoms with E-state index in [2.05, 4.69) is 15.5 Å². The van der Waals surface area contributed by atoms with Crippen LogP contribution in [0.4, 0.5) is 11.5 Å². The lowest BCUT2D eigenvalue weighted by molar-refractivity contribution is 0.391. The van der Waals surface area contributed by atoms with Gasteiger partial charge in [-0.1, -0.05) is 11.6 Å². The second-order valence-corrected chi connectivity index (χ2v) is 5.22. The summed E-state index contributed by atoms with van der Waals surface area (Å²) in [6, 6.07) is 7.45. The van der Waals surface area contributed by atoms with Gasteiger partial charge in [0, 0.05) is 38.3 Å². The van der Waals surface area contributed by atoms with Gasteiger partial charge in [-0.2, -0.15) is 0 Å². The topological polar surface area (TPSA) is 59.5 Å². The number of methoxy groups -OCH3 is 2. The van der Waals surface area contributed by atoms with Gasteiger partial charge >= 0.3 is 0 Å². The lowest BCUT2D eigenvalue weighted by Crippen LogP contribution is -2.15. The van der Waals surface area contributed by atoms with Crippen molar-refractivity contribution in [2.75, 3.05) is 38.5 Å². The molecule has 1 N–H and O–H groups in total. The smallest absolute Gasteiger partial charge is 0.174 e. The number of benzene rings is 1. The molecule has 0 aliphatic rings. The summed E-state index contributed by atoms with van der Waals surface area (Å²) in [5, 5.41) is 11.6. The van der Waals surface area contributed by atoms with E-state index >= 15 is 0 Å². The van der Waals surface area contributed by atoms with E-state index in [0.29, 0.717) is 11.7 Å². The molecule has 0 unspecified atom stereocenters. The van der Waals surface area contributed by atoms with Gasteiger partial charge in [0.05, 0.1) is 19.9 Å². The van der Waals surface area contributed by atoms with Gasteiger partial charge < -0.3 is 19.7 Å². The van der Waals surface area contributed by atoms with Crippen LogP contribution in [0.15, 0.2) is 24.3 Å². The zero-order valence-electron chi connectivity index (χ0n) is 13.1. The Labute approximate surface area is 135 Å². The molecule has 0 bridgehead atoms. The normalized spacial score (nSPS) is 10.2. The van der Waals surface area contributed by atoms with Gasteiger partial charge in [0.2, 0.25) is 0 Å². The first-order valence-electron chi connectivity index (χ1n) is 6.70. The first kappa shape index (κ1) is 16.2. The molecule has 1 aromatic carbocycles. The van der Waals surface area contributed by atoms with Crippen molar-refractivity contribution >= 4 is 23.1 Å². The highest BCUT2D eigenvalue weighted by Gasteiger charge is 2.10. The van der Waals surface area contributed by atoms with E-state index in [4.69, 9.17) is 21.1 Å². The largest absolute Gasteiger partial charge is 0.497 e. The molecule has 0 saturated heterocycles. The van der Waals surface area contributed by atoms with Crippen molar-refractivity contribution < 1.29 is 9.47 Å². The lowest BCUT2D eigenvalue weighted by atomic mass is 10.2. The van der Waals surface area contributed by atoms with E-state index in [-0.39, 0.29) is 0 Å². The molecule has 7 heteroatoms.